The number of hydrogen-bond acceptors (Lipinski definition) is 3. The second-order valence-electron chi connectivity index (χ2n) is 9.86. The van der Waals surface area contributed by atoms with Crippen molar-refractivity contribution in [3.63, 3.8) is 0 Å². The molecule has 0 N–H and O–H groups in total. The van der Waals surface area contributed by atoms with Crippen molar-refractivity contribution in [2.75, 3.05) is 0 Å². The Morgan fingerprint density at radius 1 is 0.613 bits per heavy atom. The minimum Gasteiger partial charge on any atom is -0.260 e. The van der Waals surface area contributed by atoms with Gasteiger partial charge in [0.2, 0.25) is 12.1 Å². The van der Waals surface area contributed by atoms with E-state index in [9.17, 15) is 0 Å². The van der Waals surface area contributed by atoms with E-state index in [1.54, 1.807) is 0 Å². The van der Waals surface area contributed by atoms with Gasteiger partial charge < -0.3 is 0 Å². The maximum atomic E-state index is 15.2. The third kappa shape index (κ3) is 4.51. The van der Waals surface area contributed by atoms with Crippen LogP contribution < -0.4 is 10.6 Å². The van der Waals surface area contributed by atoms with E-state index in [0.29, 0.717) is 24.2 Å². The summed E-state index contributed by atoms with van der Waals surface area (Å²) in [6.45, 7) is 18.1. The highest BCUT2D eigenvalue weighted by molar-refractivity contribution is 7.82. The summed E-state index contributed by atoms with van der Waals surface area (Å²) >= 11 is 0. The summed E-state index contributed by atoms with van der Waals surface area (Å²) in [4.78, 5) is 5.13. The number of nitrogens with zero attached hydrogens (tertiary/aromatic N) is 2. The van der Waals surface area contributed by atoms with Crippen molar-refractivity contribution < 1.29 is 4.57 Å². The average molecular weight is 440 g/mol. The van der Waals surface area contributed by atoms with Crippen molar-refractivity contribution >= 4 is 17.8 Å². The zero-order valence-corrected chi connectivity index (χ0v) is 21.4. The normalized spacial score (nSPS) is 19.5. The first-order valence-electron chi connectivity index (χ1n) is 11.8. The molecule has 3 nitrogen and oxygen atoms in total. The first-order valence-corrected chi connectivity index (χ1v) is 13.5. The fourth-order valence-electron chi connectivity index (χ4n) is 5.43. The molecule has 4 heteroatoms. The molecule has 1 aliphatic carbocycles. The van der Waals surface area contributed by atoms with Crippen LogP contribution in [0.1, 0.15) is 55.4 Å². The monoisotopic (exact) mass is 439 g/mol. The van der Waals surface area contributed by atoms with Gasteiger partial charge in [-0.2, -0.15) is 0 Å². The van der Waals surface area contributed by atoms with Crippen LogP contribution in [0.2, 0.25) is 0 Å². The summed E-state index contributed by atoms with van der Waals surface area (Å²) < 4.78 is 15.2. The SMILES string of the molecule is CC(C)N(C(C)C)C1[C+](P(=O)(c2ccccc2)c2ccccc2)C1N(C(C)C)C(C)C. The Hall–Kier alpha value is -1.54. The molecule has 2 aromatic carbocycles. The number of hydrogen-bond donors (Lipinski definition) is 0. The quantitative estimate of drug-likeness (QED) is 0.380. The van der Waals surface area contributed by atoms with Crippen LogP contribution in [0.3, 0.4) is 0 Å². The van der Waals surface area contributed by atoms with Crippen LogP contribution >= 0.6 is 7.14 Å². The van der Waals surface area contributed by atoms with E-state index in [4.69, 9.17) is 0 Å². The molecule has 0 heterocycles. The van der Waals surface area contributed by atoms with E-state index in [0.717, 1.165) is 10.6 Å². The molecule has 168 valence electrons. The highest BCUT2D eigenvalue weighted by Gasteiger charge is 2.79. The molecule has 2 unspecified atom stereocenters. The zero-order chi connectivity index (χ0) is 22.9. The molecule has 0 bridgehead atoms. The predicted molar refractivity (Wildman–Crippen MR) is 135 cm³/mol. The van der Waals surface area contributed by atoms with Crippen LogP contribution in [0.4, 0.5) is 0 Å². The minimum absolute atomic E-state index is 0.191. The van der Waals surface area contributed by atoms with Gasteiger partial charge in [-0.1, -0.05) is 36.4 Å². The molecule has 0 radical (unpaired) electrons. The minimum atomic E-state index is -2.93. The van der Waals surface area contributed by atoms with E-state index < -0.39 is 7.14 Å². The summed E-state index contributed by atoms with van der Waals surface area (Å²) in [7, 11) is -2.93. The molecule has 2 aromatic rings. The largest absolute Gasteiger partial charge is 0.307 e. The smallest absolute Gasteiger partial charge is 0.260 e. The van der Waals surface area contributed by atoms with Gasteiger partial charge in [0, 0.05) is 24.2 Å². The van der Waals surface area contributed by atoms with Crippen molar-refractivity contribution in [2.45, 2.75) is 91.6 Å². The highest BCUT2D eigenvalue weighted by Crippen LogP contribution is 2.68. The second-order valence-corrected chi connectivity index (χ2v) is 12.6. The summed E-state index contributed by atoms with van der Waals surface area (Å²) in [6, 6.07) is 22.2. The van der Waals surface area contributed by atoms with Gasteiger partial charge in [0.1, 0.15) is 0 Å². The maximum absolute atomic E-state index is 15.2. The van der Waals surface area contributed by atoms with Crippen LogP contribution in [-0.4, -0.2) is 46.1 Å². The summed E-state index contributed by atoms with van der Waals surface area (Å²) in [5.41, 5.74) is 1.20. The molecule has 0 amide bonds. The molecule has 3 rings (SSSR count). The van der Waals surface area contributed by atoms with E-state index in [-0.39, 0.29) is 12.1 Å². The van der Waals surface area contributed by atoms with Crippen LogP contribution in [0.5, 0.6) is 0 Å². The zero-order valence-electron chi connectivity index (χ0n) is 20.5. The Morgan fingerprint density at radius 2 is 0.903 bits per heavy atom. The lowest BCUT2D eigenvalue weighted by Crippen LogP contribution is -2.46. The Morgan fingerprint density at radius 3 is 1.16 bits per heavy atom. The Bertz CT molecular complexity index is 793. The molecule has 0 spiro atoms. The summed E-state index contributed by atoms with van der Waals surface area (Å²) in [6.07, 6.45) is 0. The topological polar surface area (TPSA) is 23.6 Å². The second kappa shape index (κ2) is 9.53. The van der Waals surface area contributed by atoms with Gasteiger partial charge in [0.05, 0.1) is 10.6 Å². The van der Waals surface area contributed by atoms with Crippen LogP contribution in [0, 0.1) is 5.66 Å². The predicted octanol–water partition coefficient (Wildman–Crippen LogP) is 5.52. The lowest BCUT2D eigenvalue weighted by Gasteiger charge is -2.31. The van der Waals surface area contributed by atoms with Gasteiger partial charge in [0.25, 0.3) is 0 Å². The molecule has 1 saturated carbocycles. The van der Waals surface area contributed by atoms with Crippen molar-refractivity contribution in [2.24, 2.45) is 0 Å². The molecule has 1 fully saturated rings. The summed E-state index contributed by atoms with van der Waals surface area (Å²) in [5, 5.41) is 1.90. The van der Waals surface area contributed by atoms with Crippen LogP contribution in [-0.2, 0) is 4.57 Å². The Labute approximate surface area is 190 Å². The molecular formula is C27H40N2OP+. The van der Waals surface area contributed by atoms with Crippen LogP contribution in [0.15, 0.2) is 60.7 Å². The van der Waals surface area contributed by atoms with Crippen molar-refractivity contribution in [3.05, 3.63) is 66.3 Å². The third-order valence-electron chi connectivity index (χ3n) is 6.43. The van der Waals surface area contributed by atoms with Gasteiger partial charge in [-0.05, 0) is 79.7 Å². The fraction of sp³-hybridized carbons (Fsp3) is 0.519. The van der Waals surface area contributed by atoms with Gasteiger partial charge in [-0.3, -0.25) is 14.4 Å². The van der Waals surface area contributed by atoms with Crippen molar-refractivity contribution in [1.29, 1.82) is 0 Å². The molecule has 1 aliphatic rings. The molecule has 0 saturated heterocycles. The number of benzene rings is 2. The van der Waals surface area contributed by atoms with Gasteiger partial charge in [-0.15, -0.1) is 0 Å². The highest BCUT2D eigenvalue weighted by atomic mass is 31.2. The van der Waals surface area contributed by atoms with Gasteiger partial charge >= 0.3 is 7.14 Å². The summed E-state index contributed by atoms with van der Waals surface area (Å²) in [5.74, 6) is 0. The fourth-order valence-corrected chi connectivity index (χ4v) is 8.73. The van der Waals surface area contributed by atoms with E-state index >= 15 is 4.57 Å². The first kappa shape index (κ1) is 24.1. The lowest BCUT2D eigenvalue weighted by atomic mass is 10.2. The maximum Gasteiger partial charge on any atom is 0.307 e. The van der Waals surface area contributed by atoms with Crippen molar-refractivity contribution in [1.82, 2.24) is 9.80 Å². The standard InChI is InChI=1S/C27H40N2OP/c1-19(2)28(20(3)4)25-26(29(21(5)6)22(7)8)27(25)31(30,23-15-11-9-12-16-23)24-17-13-10-14-18-24/h9-22,25-26H,1-8H3/q+1. The number of rotatable bonds is 9. The van der Waals surface area contributed by atoms with E-state index in [1.165, 1.54) is 5.66 Å². The molecule has 0 aliphatic heterocycles. The lowest BCUT2D eigenvalue weighted by molar-refractivity contribution is 0.108. The van der Waals surface area contributed by atoms with Gasteiger partial charge in [-0.25, -0.2) is 0 Å². The molecule has 31 heavy (non-hydrogen) atoms. The molecule has 2 atom stereocenters. The Balaban J connectivity index is 2.21. The first-order chi connectivity index (χ1) is 14.6. The van der Waals surface area contributed by atoms with E-state index in [1.807, 2.05) is 36.4 Å². The van der Waals surface area contributed by atoms with Crippen molar-refractivity contribution in [3.8, 4) is 0 Å². The van der Waals surface area contributed by atoms with Crippen LogP contribution in [0.25, 0.3) is 0 Å². The van der Waals surface area contributed by atoms with E-state index in [2.05, 4.69) is 89.5 Å². The van der Waals surface area contributed by atoms with Gasteiger partial charge in [0.15, 0.2) is 5.66 Å². The Kier molecular flexibility index (Phi) is 7.41. The molecular weight excluding hydrogens is 399 g/mol. The third-order valence-corrected chi connectivity index (χ3v) is 9.73. The molecule has 0 aromatic heterocycles. The average Bonchev–Trinajstić information content (AvgIpc) is 3.41.